The molecule has 0 spiro atoms. The molecule has 2 rings (SSSR count). The Morgan fingerprint density at radius 2 is 1.52 bits per heavy atom. The van der Waals surface area contributed by atoms with Crippen molar-refractivity contribution in [2.75, 3.05) is 24.5 Å². The van der Waals surface area contributed by atoms with Gasteiger partial charge in [0.05, 0.1) is 11.4 Å². The van der Waals surface area contributed by atoms with Crippen molar-refractivity contribution in [3.05, 3.63) is 60.2 Å². The first-order valence-electron chi connectivity index (χ1n) is 7.97. The van der Waals surface area contributed by atoms with E-state index in [1.54, 1.807) is 24.3 Å². The van der Waals surface area contributed by atoms with Crippen LogP contribution in [-0.2, 0) is 9.84 Å². The largest absolute Gasteiger partial charge is 0.372 e. The topological polar surface area (TPSA) is 65.0 Å². The number of quaternary nitrogens is 1. The van der Waals surface area contributed by atoms with E-state index in [0.29, 0.717) is 11.4 Å². The van der Waals surface area contributed by atoms with Gasteiger partial charge >= 0.3 is 0 Å². The van der Waals surface area contributed by atoms with Crippen LogP contribution in [0.5, 0.6) is 0 Å². The van der Waals surface area contributed by atoms with E-state index in [9.17, 15) is 8.42 Å². The van der Waals surface area contributed by atoms with Gasteiger partial charge in [0, 0.05) is 18.8 Å². The second-order valence-electron chi connectivity index (χ2n) is 5.40. The zero-order valence-electron chi connectivity index (χ0n) is 13.8. The summed E-state index contributed by atoms with van der Waals surface area (Å²) in [5, 5.41) is -0.615. The highest BCUT2D eigenvalue weighted by atomic mass is 32.2. The van der Waals surface area contributed by atoms with Crippen molar-refractivity contribution < 1.29 is 14.2 Å². The Kier molecular flexibility index (Phi) is 5.80. The molecule has 0 bridgehead atoms. The number of hydrogen-bond donors (Lipinski definition) is 1. The molecule has 0 aliphatic carbocycles. The van der Waals surface area contributed by atoms with Gasteiger partial charge in [0.2, 0.25) is 0 Å². The summed E-state index contributed by atoms with van der Waals surface area (Å²) >= 11 is 0. The third-order valence-corrected chi connectivity index (χ3v) is 6.29. The van der Waals surface area contributed by atoms with Gasteiger partial charge in [-0.3, -0.25) is 0 Å². The van der Waals surface area contributed by atoms with Crippen LogP contribution in [0.4, 0.5) is 5.69 Å². The predicted molar refractivity (Wildman–Crippen MR) is 94.1 cm³/mol. The molecule has 0 fully saturated rings. The minimum atomic E-state index is -3.42. The number of rotatable bonds is 7. The van der Waals surface area contributed by atoms with Crippen molar-refractivity contribution in [3.63, 3.8) is 0 Å². The van der Waals surface area contributed by atoms with E-state index in [0.717, 1.165) is 24.3 Å². The number of sulfone groups is 1. The molecule has 4 nitrogen and oxygen atoms in total. The van der Waals surface area contributed by atoms with Crippen LogP contribution in [0.3, 0.4) is 0 Å². The summed E-state index contributed by atoms with van der Waals surface area (Å²) in [6.07, 6.45) is 0. The van der Waals surface area contributed by atoms with Crippen LogP contribution in [0.25, 0.3) is 0 Å². The molecule has 2 aromatic carbocycles. The van der Waals surface area contributed by atoms with E-state index >= 15 is 0 Å². The molecule has 0 heterocycles. The van der Waals surface area contributed by atoms with Gasteiger partial charge in [-0.15, -0.1) is 0 Å². The second-order valence-corrected chi connectivity index (χ2v) is 7.53. The Labute approximate surface area is 138 Å². The molecule has 23 heavy (non-hydrogen) atoms. The lowest BCUT2D eigenvalue weighted by Crippen LogP contribution is -2.54. The molecular weight excluding hydrogens is 308 g/mol. The van der Waals surface area contributed by atoms with Gasteiger partial charge in [-0.1, -0.05) is 30.3 Å². The van der Waals surface area contributed by atoms with Crippen molar-refractivity contribution in [3.8, 4) is 0 Å². The maximum atomic E-state index is 12.8. The number of benzene rings is 2. The average Bonchev–Trinajstić information content (AvgIpc) is 2.58. The quantitative estimate of drug-likeness (QED) is 0.845. The Balaban J connectivity index is 2.35. The molecule has 0 unspecified atom stereocenters. The van der Waals surface area contributed by atoms with Crippen LogP contribution in [0.1, 0.15) is 24.7 Å². The van der Waals surface area contributed by atoms with E-state index in [1.807, 2.05) is 30.3 Å². The molecule has 124 valence electrons. The van der Waals surface area contributed by atoms with Crippen LogP contribution in [-0.4, -0.2) is 28.1 Å². The maximum absolute atomic E-state index is 12.8. The SMILES string of the molecule is CCN(CC)c1ccc([C@@H](C[NH3+])S(=O)(=O)c2ccccc2)cc1. The van der Waals surface area contributed by atoms with Gasteiger partial charge in [-0.25, -0.2) is 8.42 Å². The summed E-state index contributed by atoms with van der Waals surface area (Å²) in [5.74, 6) is 0. The Morgan fingerprint density at radius 1 is 0.957 bits per heavy atom. The lowest BCUT2D eigenvalue weighted by Gasteiger charge is -2.22. The highest BCUT2D eigenvalue weighted by Crippen LogP contribution is 2.29. The van der Waals surface area contributed by atoms with E-state index in [-0.39, 0.29) is 0 Å². The van der Waals surface area contributed by atoms with E-state index in [1.165, 1.54) is 0 Å². The maximum Gasteiger partial charge on any atom is 0.190 e. The number of nitrogens with zero attached hydrogens (tertiary/aromatic N) is 1. The molecule has 1 atom stereocenters. The van der Waals surface area contributed by atoms with E-state index in [2.05, 4.69) is 24.5 Å². The first kappa shape index (κ1) is 17.5. The lowest BCUT2D eigenvalue weighted by atomic mass is 10.1. The summed E-state index contributed by atoms with van der Waals surface area (Å²) in [5.41, 5.74) is 5.76. The fourth-order valence-corrected chi connectivity index (χ4v) is 4.45. The molecule has 0 aliphatic rings. The molecule has 2 aromatic rings. The Bertz CT molecular complexity index is 708. The highest BCUT2D eigenvalue weighted by molar-refractivity contribution is 7.91. The Morgan fingerprint density at radius 3 is 2.00 bits per heavy atom. The molecular formula is C18H25N2O2S+. The fraction of sp³-hybridized carbons (Fsp3) is 0.333. The van der Waals surface area contributed by atoms with Crippen LogP contribution < -0.4 is 10.6 Å². The smallest absolute Gasteiger partial charge is 0.190 e. The van der Waals surface area contributed by atoms with Crippen LogP contribution >= 0.6 is 0 Å². The van der Waals surface area contributed by atoms with Gasteiger partial charge in [0.1, 0.15) is 5.25 Å². The summed E-state index contributed by atoms with van der Waals surface area (Å²) in [4.78, 5) is 2.58. The van der Waals surface area contributed by atoms with E-state index in [4.69, 9.17) is 0 Å². The zero-order chi connectivity index (χ0) is 16.9. The molecule has 3 N–H and O–H groups in total. The summed E-state index contributed by atoms with van der Waals surface area (Å²) in [6, 6.07) is 16.4. The van der Waals surface area contributed by atoms with Crippen molar-refractivity contribution in [2.45, 2.75) is 24.0 Å². The zero-order valence-corrected chi connectivity index (χ0v) is 14.6. The summed E-state index contributed by atoms with van der Waals surface area (Å²) < 4.78 is 25.7. The molecule has 5 heteroatoms. The number of hydrogen-bond acceptors (Lipinski definition) is 3. The second kappa shape index (κ2) is 7.62. The third kappa shape index (κ3) is 3.74. The first-order chi connectivity index (χ1) is 11.0. The van der Waals surface area contributed by atoms with Crippen LogP contribution in [0, 0.1) is 0 Å². The fourth-order valence-electron chi connectivity index (χ4n) is 2.76. The number of anilines is 1. The van der Waals surface area contributed by atoms with Crippen molar-refractivity contribution >= 4 is 15.5 Å². The molecule has 0 amide bonds. The van der Waals surface area contributed by atoms with Gasteiger partial charge in [0.25, 0.3) is 0 Å². The van der Waals surface area contributed by atoms with Crippen molar-refractivity contribution in [1.82, 2.24) is 0 Å². The van der Waals surface area contributed by atoms with Gasteiger partial charge in [-0.05, 0) is 43.7 Å². The highest BCUT2D eigenvalue weighted by Gasteiger charge is 2.29. The molecule has 0 radical (unpaired) electrons. The minimum Gasteiger partial charge on any atom is -0.372 e. The summed E-state index contributed by atoms with van der Waals surface area (Å²) in [6.45, 7) is 6.38. The summed E-state index contributed by atoms with van der Waals surface area (Å²) in [7, 11) is -3.42. The molecule has 0 saturated heterocycles. The monoisotopic (exact) mass is 333 g/mol. The average molecular weight is 333 g/mol. The standard InChI is InChI=1S/C18H24N2O2S/c1-3-20(4-2)16-12-10-15(11-13-16)18(14-19)23(21,22)17-8-6-5-7-9-17/h5-13,18H,3-4,14,19H2,1-2H3/p+1/t18-/m1/s1. The minimum absolute atomic E-state index is 0.307. The molecule has 0 aliphatic heterocycles. The van der Waals surface area contributed by atoms with Gasteiger partial charge in [0.15, 0.2) is 9.84 Å². The Hall–Kier alpha value is -1.85. The van der Waals surface area contributed by atoms with Crippen LogP contribution in [0.15, 0.2) is 59.5 Å². The van der Waals surface area contributed by atoms with E-state index < -0.39 is 15.1 Å². The van der Waals surface area contributed by atoms with Gasteiger partial charge in [-0.2, -0.15) is 0 Å². The third-order valence-electron chi connectivity index (χ3n) is 4.10. The molecule has 0 saturated carbocycles. The predicted octanol–water partition coefficient (Wildman–Crippen LogP) is 2.29. The van der Waals surface area contributed by atoms with Crippen LogP contribution in [0.2, 0.25) is 0 Å². The molecule has 0 aromatic heterocycles. The van der Waals surface area contributed by atoms with Crippen molar-refractivity contribution in [2.24, 2.45) is 0 Å². The van der Waals surface area contributed by atoms with Crippen molar-refractivity contribution in [1.29, 1.82) is 0 Å². The lowest BCUT2D eigenvalue weighted by molar-refractivity contribution is -0.367. The normalized spacial score (nSPS) is 12.8. The van der Waals surface area contributed by atoms with Gasteiger partial charge < -0.3 is 10.6 Å². The first-order valence-corrected chi connectivity index (χ1v) is 9.52.